The fraction of sp³-hybridized carbons (Fsp3) is 0.846. The van der Waals surface area contributed by atoms with E-state index in [-0.39, 0.29) is 13.0 Å². The van der Waals surface area contributed by atoms with Crippen molar-refractivity contribution >= 4 is 11.9 Å². The van der Waals surface area contributed by atoms with Crippen LogP contribution in [0.15, 0.2) is 0 Å². The monoisotopic (exact) mass is 310 g/mol. The molecular formula is C13H21F3N2O3. The Hall–Kier alpha value is -1.31. The molecule has 122 valence electrons. The molecule has 1 saturated heterocycles. The summed E-state index contributed by atoms with van der Waals surface area (Å²) >= 11 is 0. The van der Waals surface area contributed by atoms with Crippen molar-refractivity contribution in [2.75, 3.05) is 13.1 Å². The number of carbonyl (C=O) groups is 2. The Balaban J connectivity index is 3.06. The first-order valence-electron chi connectivity index (χ1n) is 6.61. The molecule has 5 nitrogen and oxygen atoms in total. The van der Waals surface area contributed by atoms with E-state index >= 15 is 0 Å². The summed E-state index contributed by atoms with van der Waals surface area (Å²) in [5.74, 6) is -2.38. The van der Waals surface area contributed by atoms with Gasteiger partial charge in [-0.1, -0.05) is 0 Å². The van der Waals surface area contributed by atoms with E-state index in [1.165, 1.54) is 27.7 Å². The third-order valence-electron chi connectivity index (χ3n) is 4.66. The second-order valence-corrected chi connectivity index (χ2v) is 6.52. The van der Waals surface area contributed by atoms with Crippen LogP contribution in [0, 0.1) is 10.8 Å². The molecule has 0 saturated carbocycles. The summed E-state index contributed by atoms with van der Waals surface area (Å²) in [6.07, 6.45) is -5.05. The van der Waals surface area contributed by atoms with E-state index in [4.69, 9.17) is 0 Å². The molecule has 0 bridgehead atoms. The van der Waals surface area contributed by atoms with Crippen LogP contribution in [0.3, 0.4) is 0 Å². The Morgan fingerprint density at radius 2 is 1.71 bits per heavy atom. The second kappa shape index (κ2) is 5.15. The Kier molecular flexibility index (Phi) is 4.35. The van der Waals surface area contributed by atoms with Crippen LogP contribution < -0.4 is 10.6 Å². The van der Waals surface area contributed by atoms with Gasteiger partial charge in [-0.15, -0.1) is 0 Å². The first kappa shape index (κ1) is 17.7. The number of amides is 1. The topological polar surface area (TPSA) is 78.4 Å². The van der Waals surface area contributed by atoms with Crippen LogP contribution >= 0.6 is 0 Å². The van der Waals surface area contributed by atoms with Crippen molar-refractivity contribution in [2.45, 2.75) is 45.8 Å². The zero-order chi connectivity index (χ0) is 16.7. The predicted molar refractivity (Wildman–Crippen MR) is 69.6 cm³/mol. The molecule has 1 atom stereocenters. The average Bonchev–Trinajstić information content (AvgIpc) is 2.76. The highest BCUT2D eigenvalue weighted by molar-refractivity contribution is 5.86. The summed E-state index contributed by atoms with van der Waals surface area (Å²) in [5, 5.41) is 14.0. The minimum atomic E-state index is -4.69. The number of aliphatic carboxylic acids is 1. The van der Waals surface area contributed by atoms with Crippen molar-refractivity contribution in [3.63, 3.8) is 0 Å². The highest BCUT2D eigenvalue weighted by atomic mass is 19.4. The quantitative estimate of drug-likeness (QED) is 0.736. The van der Waals surface area contributed by atoms with Gasteiger partial charge in [0.1, 0.15) is 0 Å². The summed E-state index contributed by atoms with van der Waals surface area (Å²) in [5.41, 5.74) is -5.25. The number of carboxylic acid groups (broad SMARTS) is 1. The number of hydrogen-bond donors (Lipinski definition) is 3. The first-order valence-corrected chi connectivity index (χ1v) is 6.61. The average molecular weight is 310 g/mol. The van der Waals surface area contributed by atoms with Gasteiger partial charge in [0.05, 0.1) is 5.41 Å². The predicted octanol–water partition coefficient (Wildman–Crippen LogP) is 1.53. The van der Waals surface area contributed by atoms with Gasteiger partial charge in [0.2, 0.25) is 5.91 Å². The molecule has 8 heteroatoms. The smallest absolute Gasteiger partial charge is 0.404 e. The molecule has 0 aromatic rings. The Labute approximate surface area is 121 Å². The van der Waals surface area contributed by atoms with Crippen molar-refractivity contribution < 1.29 is 27.9 Å². The van der Waals surface area contributed by atoms with Gasteiger partial charge in [0.15, 0.2) is 5.41 Å². The van der Waals surface area contributed by atoms with Crippen molar-refractivity contribution in [3.8, 4) is 0 Å². The van der Waals surface area contributed by atoms with Crippen LogP contribution in [0.5, 0.6) is 0 Å². The Morgan fingerprint density at radius 1 is 1.19 bits per heavy atom. The molecule has 3 N–H and O–H groups in total. The minimum absolute atomic E-state index is 0.0929. The van der Waals surface area contributed by atoms with Crippen molar-refractivity contribution in [1.29, 1.82) is 0 Å². The fourth-order valence-electron chi connectivity index (χ4n) is 2.08. The number of carboxylic acids is 1. The van der Waals surface area contributed by atoms with Crippen LogP contribution in [-0.4, -0.2) is 41.8 Å². The molecule has 0 radical (unpaired) electrons. The SMILES string of the molecule is CC(C)(NC(=O)C1(C(F)(F)F)CCNC1)C(C)(C)C(=O)O. The van der Waals surface area contributed by atoms with Crippen molar-refractivity contribution in [1.82, 2.24) is 10.6 Å². The third-order valence-corrected chi connectivity index (χ3v) is 4.66. The molecule has 1 fully saturated rings. The first-order chi connectivity index (χ1) is 9.28. The maximum absolute atomic E-state index is 13.3. The third kappa shape index (κ3) is 2.86. The largest absolute Gasteiger partial charge is 0.481 e. The van der Waals surface area contributed by atoms with Crippen molar-refractivity contribution in [3.05, 3.63) is 0 Å². The lowest BCUT2D eigenvalue weighted by atomic mass is 9.73. The summed E-state index contributed by atoms with van der Waals surface area (Å²) in [7, 11) is 0. The van der Waals surface area contributed by atoms with Gasteiger partial charge in [0.25, 0.3) is 0 Å². The minimum Gasteiger partial charge on any atom is -0.481 e. The number of hydrogen-bond acceptors (Lipinski definition) is 3. The number of halogens is 3. The van der Waals surface area contributed by atoms with E-state index < -0.39 is 41.0 Å². The highest BCUT2D eigenvalue weighted by Crippen LogP contribution is 2.44. The summed E-state index contributed by atoms with van der Waals surface area (Å²) in [4.78, 5) is 23.5. The van der Waals surface area contributed by atoms with E-state index in [1.54, 1.807) is 0 Å². The zero-order valence-corrected chi connectivity index (χ0v) is 12.5. The van der Waals surface area contributed by atoms with Crippen LogP contribution in [0.25, 0.3) is 0 Å². The molecule has 0 aliphatic carbocycles. The van der Waals surface area contributed by atoms with Crippen LogP contribution in [0.4, 0.5) is 13.2 Å². The van der Waals surface area contributed by atoms with E-state index in [0.717, 1.165) is 0 Å². The summed E-state index contributed by atoms with van der Waals surface area (Å²) in [6.45, 7) is 5.14. The number of nitrogens with one attached hydrogen (secondary N) is 2. The van der Waals surface area contributed by atoms with Crippen LogP contribution in [-0.2, 0) is 9.59 Å². The summed E-state index contributed by atoms with van der Waals surface area (Å²) in [6, 6.07) is 0. The molecule has 0 spiro atoms. The molecule has 1 amide bonds. The van der Waals surface area contributed by atoms with Gasteiger partial charge in [-0.25, -0.2) is 0 Å². The number of rotatable bonds is 4. The van der Waals surface area contributed by atoms with E-state index in [9.17, 15) is 27.9 Å². The second-order valence-electron chi connectivity index (χ2n) is 6.52. The van der Waals surface area contributed by atoms with Crippen molar-refractivity contribution in [2.24, 2.45) is 10.8 Å². The van der Waals surface area contributed by atoms with E-state index in [2.05, 4.69) is 10.6 Å². The molecule has 1 aliphatic rings. The van der Waals surface area contributed by atoms with Gasteiger partial charge in [-0.05, 0) is 40.7 Å². The molecule has 0 aromatic heterocycles. The van der Waals surface area contributed by atoms with Gasteiger partial charge >= 0.3 is 12.1 Å². The van der Waals surface area contributed by atoms with Crippen LogP contribution in [0.2, 0.25) is 0 Å². The molecular weight excluding hydrogens is 289 g/mol. The van der Waals surface area contributed by atoms with E-state index in [1.807, 2.05) is 0 Å². The van der Waals surface area contributed by atoms with Gasteiger partial charge in [0, 0.05) is 12.1 Å². The molecule has 0 aromatic carbocycles. The Bertz CT molecular complexity index is 438. The molecule has 21 heavy (non-hydrogen) atoms. The molecule has 1 unspecified atom stereocenters. The lowest BCUT2D eigenvalue weighted by Gasteiger charge is -2.41. The van der Waals surface area contributed by atoms with Gasteiger partial charge in [-0.3, -0.25) is 9.59 Å². The molecule has 1 heterocycles. The summed E-state index contributed by atoms with van der Waals surface area (Å²) < 4.78 is 39.8. The number of carbonyl (C=O) groups excluding carboxylic acids is 1. The van der Waals surface area contributed by atoms with Gasteiger partial charge in [-0.2, -0.15) is 13.2 Å². The fourth-order valence-corrected chi connectivity index (χ4v) is 2.08. The standard InChI is InChI=1S/C13H21F3N2O3/c1-10(2,9(20)21)11(3,4)18-8(19)12(13(14,15)16)5-6-17-7-12/h17H,5-7H2,1-4H3,(H,18,19)(H,20,21). The maximum Gasteiger partial charge on any atom is 0.404 e. The van der Waals surface area contributed by atoms with E-state index in [0.29, 0.717) is 0 Å². The highest BCUT2D eigenvalue weighted by Gasteiger charge is 2.62. The lowest BCUT2D eigenvalue weighted by molar-refractivity contribution is -0.217. The van der Waals surface area contributed by atoms with Crippen LogP contribution in [0.1, 0.15) is 34.1 Å². The lowest BCUT2D eigenvalue weighted by Crippen LogP contribution is -2.62. The molecule has 1 rings (SSSR count). The number of alkyl halides is 3. The Morgan fingerprint density at radius 3 is 2.05 bits per heavy atom. The molecule has 1 aliphatic heterocycles. The normalized spacial score (nSPS) is 24.0. The zero-order valence-electron chi connectivity index (χ0n) is 12.5. The maximum atomic E-state index is 13.3. The van der Waals surface area contributed by atoms with Gasteiger partial charge < -0.3 is 15.7 Å².